The third-order valence-electron chi connectivity index (χ3n) is 13.8. The van der Waals surface area contributed by atoms with Crippen LogP contribution in [-0.2, 0) is 43.3 Å². The minimum Gasteiger partial charge on any atom is -0.435 e. The Bertz CT molecular complexity index is 2540. The standard InChI is InChI=1S/C68H92O4P2.H3P/c1-61(2,3)47-29-37-57(53(41-47)65(13,14)15)69-73(70-58-38-30-48(62(4,5)6)42-54(58)66(16,17)18)51-33-25-45(26-34-51)46-27-35-52(36-28-46)74(71-59-39-31-49(63(7,8)9)43-55(59)67(19,20)21)72-60-40-32-50(64(10,11)12)44-56(60)68(22,23)24;/h25-44H,1-24H3;1H3. The summed E-state index contributed by atoms with van der Waals surface area (Å²) in [7, 11) is -3.25. The minimum atomic E-state index is -1.63. The van der Waals surface area contributed by atoms with Gasteiger partial charge in [-0.3, -0.25) is 0 Å². The second-order valence-electron chi connectivity index (χ2n) is 28.8. The van der Waals surface area contributed by atoms with Gasteiger partial charge in [-0.1, -0.05) is 239 Å². The zero-order valence-corrected chi connectivity index (χ0v) is 54.0. The van der Waals surface area contributed by atoms with E-state index >= 15 is 0 Å². The van der Waals surface area contributed by atoms with E-state index in [1.54, 1.807) is 0 Å². The molecule has 0 radical (unpaired) electrons. The highest BCUT2D eigenvalue weighted by molar-refractivity contribution is 7.57. The van der Waals surface area contributed by atoms with Gasteiger partial charge in [-0.2, -0.15) is 9.90 Å². The topological polar surface area (TPSA) is 36.9 Å². The van der Waals surface area contributed by atoms with Crippen LogP contribution >= 0.6 is 26.6 Å². The largest absolute Gasteiger partial charge is 0.435 e. The van der Waals surface area contributed by atoms with E-state index in [4.69, 9.17) is 18.1 Å². The molecule has 0 aliphatic carbocycles. The second kappa shape index (κ2) is 22.3. The molecule has 6 aromatic rings. The van der Waals surface area contributed by atoms with Crippen molar-refractivity contribution >= 4 is 37.3 Å². The van der Waals surface area contributed by atoms with Gasteiger partial charge >= 0.3 is 16.8 Å². The van der Waals surface area contributed by atoms with Crippen molar-refractivity contribution in [1.29, 1.82) is 0 Å². The monoisotopic (exact) mass is 1070 g/mol. The van der Waals surface area contributed by atoms with Gasteiger partial charge in [0.15, 0.2) is 0 Å². The van der Waals surface area contributed by atoms with Crippen molar-refractivity contribution in [1.82, 2.24) is 0 Å². The summed E-state index contributed by atoms with van der Waals surface area (Å²) >= 11 is 0. The smallest absolute Gasteiger partial charge is 0.326 e. The Morgan fingerprint density at radius 1 is 0.240 bits per heavy atom. The van der Waals surface area contributed by atoms with Gasteiger partial charge in [0.05, 0.1) is 10.6 Å². The van der Waals surface area contributed by atoms with Crippen molar-refractivity contribution in [3.63, 3.8) is 0 Å². The summed E-state index contributed by atoms with van der Waals surface area (Å²) in [6, 6.07) is 44.3. The zero-order valence-electron chi connectivity index (χ0n) is 50.8. The molecule has 0 aliphatic rings. The molecule has 6 aromatic carbocycles. The number of rotatable bonds is 11. The van der Waals surface area contributed by atoms with Crippen LogP contribution in [0.2, 0.25) is 0 Å². The van der Waals surface area contributed by atoms with Crippen molar-refractivity contribution in [3.8, 4) is 34.1 Å². The Labute approximate surface area is 462 Å². The van der Waals surface area contributed by atoms with Crippen LogP contribution in [0.5, 0.6) is 23.0 Å². The Morgan fingerprint density at radius 2 is 0.427 bits per heavy atom. The quantitative estimate of drug-likeness (QED) is 0.121. The summed E-state index contributed by atoms with van der Waals surface area (Å²) in [6.45, 7) is 54.3. The predicted octanol–water partition coefficient (Wildman–Crippen LogP) is 20.0. The summed E-state index contributed by atoms with van der Waals surface area (Å²) in [5.41, 5.74) is 11.3. The maximum atomic E-state index is 7.20. The molecule has 0 amide bonds. The van der Waals surface area contributed by atoms with E-state index in [9.17, 15) is 0 Å². The third-order valence-corrected chi connectivity index (χ3v) is 16.7. The molecule has 75 heavy (non-hydrogen) atoms. The van der Waals surface area contributed by atoms with Crippen molar-refractivity contribution in [2.24, 2.45) is 0 Å². The predicted molar refractivity (Wildman–Crippen MR) is 334 cm³/mol. The van der Waals surface area contributed by atoms with Gasteiger partial charge in [-0.05, 0) is 125 Å². The van der Waals surface area contributed by atoms with Gasteiger partial charge in [-0.15, -0.1) is 0 Å². The van der Waals surface area contributed by atoms with Crippen LogP contribution in [0.3, 0.4) is 0 Å². The summed E-state index contributed by atoms with van der Waals surface area (Å²) in [6.07, 6.45) is 0. The molecule has 0 saturated carbocycles. The lowest BCUT2D eigenvalue weighted by Crippen LogP contribution is -2.20. The maximum Gasteiger partial charge on any atom is 0.326 e. The molecule has 0 saturated heterocycles. The van der Waals surface area contributed by atoms with Gasteiger partial charge in [0.2, 0.25) is 0 Å². The van der Waals surface area contributed by atoms with E-state index < -0.39 is 16.8 Å². The molecule has 7 heteroatoms. The van der Waals surface area contributed by atoms with Crippen LogP contribution in [-0.4, -0.2) is 0 Å². The first-order valence-corrected chi connectivity index (χ1v) is 29.2. The highest BCUT2D eigenvalue weighted by atomic mass is 31.2. The Morgan fingerprint density at radius 3 is 0.587 bits per heavy atom. The molecule has 0 N–H and O–H groups in total. The van der Waals surface area contributed by atoms with Crippen LogP contribution in [0, 0.1) is 0 Å². The number of hydrogen-bond donors (Lipinski definition) is 0. The van der Waals surface area contributed by atoms with Crippen molar-refractivity contribution in [2.75, 3.05) is 0 Å². The van der Waals surface area contributed by atoms with Gasteiger partial charge in [0, 0.05) is 22.3 Å². The molecule has 0 heterocycles. The first kappa shape index (κ1) is 61.7. The summed E-state index contributed by atoms with van der Waals surface area (Å²) in [4.78, 5) is 0. The van der Waals surface area contributed by atoms with E-state index in [0.29, 0.717) is 0 Å². The fraction of sp³-hybridized carbons (Fsp3) is 0.471. The van der Waals surface area contributed by atoms with E-state index in [0.717, 1.165) is 67.0 Å². The lowest BCUT2D eigenvalue weighted by Gasteiger charge is -2.31. The Kier molecular flexibility index (Phi) is 18.3. The van der Waals surface area contributed by atoms with E-state index in [-0.39, 0.29) is 53.2 Å². The van der Waals surface area contributed by atoms with Crippen LogP contribution in [0.25, 0.3) is 11.1 Å². The molecule has 1 unspecified atom stereocenters. The normalized spacial score (nSPS) is 13.2. The lowest BCUT2D eigenvalue weighted by atomic mass is 9.80. The summed E-state index contributed by atoms with van der Waals surface area (Å²) in [5, 5.41) is 1.98. The molecule has 1 atom stereocenters. The third kappa shape index (κ3) is 15.5. The molecule has 0 bridgehead atoms. The average molecular weight is 1070 g/mol. The fourth-order valence-electron chi connectivity index (χ4n) is 8.81. The van der Waals surface area contributed by atoms with Crippen LogP contribution in [0.1, 0.15) is 211 Å². The molecular formula is C68H95O4P3. The van der Waals surface area contributed by atoms with E-state index in [1.165, 1.54) is 22.3 Å². The van der Waals surface area contributed by atoms with Gasteiger partial charge in [0.1, 0.15) is 23.0 Å². The Balaban J connectivity index is 0.0000104. The molecule has 4 nitrogen and oxygen atoms in total. The zero-order chi connectivity index (χ0) is 55.4. The molecule has 0 spiro atoms. The molecular weight excluding hydrogens is 974 g/mol. The van der Waals surface area contributed by atoms with E-state index in [2.05, 4.69) is 287 Å². The average Bonchev–Trinajstić information content (AvgIpc) is 3.26. The van der Waals surface area contributed by atoms with Crippen molar-refractivity contribution in [3.05, 3.63) is 166 Å². The van der Waals surface area contributed by atoms with Crippen LogP contribution in [0.15, 0.2) is 121 Å². The van der Waals surface area contributed by atoms with Gasteiger partial charge in [0.25, 0.3) is 0 Å². The summed E-state index contributed by atoms with van der Waals surface area (Å²) < 4.78 is 28.8. The second-order valence-corrected chi connectivity index (χ2v) is 31.6. The van der Waals surface area contributed by atoms with Crippen LogP contribution in [0.4, 0.5) is 0 Å². The van der Waals surface area contributed by atoms with Crippen molar-refractivity contribution in [2.45, 2.75) is 209 Å². The number of benzene rings is 6. The fourth-order valence-corrected chi connectivity index (χ4v) is 11.4. The molecule has 406 valence electrons. The SMILES string of the molecule is CC(C)(C)c1ccc(OP(Oc2ccc(C(C)(C)C)cc2C(C)(C)C)c2ccc(-c3ccc(P(Oc4ccc(C(C)(C)C)cc4C(C)(C)C)Oc4ccc(C(C)(C)C)cc4C(C)(C)C)cc3)cc2)c(C(C)(C)C)c1.P. The molecule has 6 rings (SSSR count). The highest BCUT2D eigenvalue weighted by Gasteiger charge is 2.32. The lowest BCUT2D eigenvalue weighted by molar-refractivity contribution is 0.465. The Hall–Kier alpha value is -4.19. The van der Waals surface area contributed by atoms with Gasteiger partial charge in [-0.25, -0.2) is 0 Å². The minimum absolute atomic E-state index is 0. The first-order chi connectivity index (χ1) is 33.7. The highest BCUT2D eigenvalue weighted by Crippen LogP contribution is 2.50. The maximum absolute atomic E-state index is 7.20. The molecule has 0 fully saturated rings. The van der Waals surface area contributed by atoms with E-state index in [1.807, 2.05) is 0 Å². The first-order valence-electron chi connectivity index (χ1n) is 26.8. The molecule has 0 aromatic heterocycles. The molecule has 0 aliphatic heterocycles. The van der Waals surface area contributed by atoms with Crippen molar-refractivity contribution < 1.29 is 18.1 Å². The summed E-state index contributed by atoms with van der Waals surface area (Å²) in [5.74, 6) is 3.39. The van der Waals surface area contributed by atoms with Gasteiger partial charge < -0.3 is 18.1 Å². The van der Waals surface area contributed by atoms with Crippen LogP contribution < -0.4 is 28.7 Å². The number of hydrogen-bond acceptors (Lipinski definition) is 4.